The Hall–Kier alpha value is -0.770. The first-order valence-electron chi connectivity index (χ1n) is 3.83. The third-order valence-electron chi connectivity index (χ3n) is 1.90. The molecule has 0 radical (unpaired) electrons. The van der Waals surface area contributed by atoms with E-state index in [2.05, 4.69) is 5.32 Å². The SMILES string of the molecule is N#CSn1c2c(sc1=O)CNCC2. The van der Waals surface area contributed by atoms with Crippen LogP contribution in [0.4, 0.5) is 0 Å². The zero-order valence-corrected chi connectivity index (χ0v) is 8.37. The molecule has 0 saturated carbocycles. The zero-order chi connectivity index (χ0) is 9.26. The number of thiocyanates is 1. The van der Waals surface area contributed by atoms with Crippen LogP contribution in [0.5, 0.6) is 0 Å². The second-order valence-corrected chi connectivity index (χ2v) is 4.42. The molecule has 13 heavy (non-hydrogen) atoms. The Morgan fingerprint density at radius 1 is 1.69 bits per heavy atom. The summed E-state index contributed by atoms with van der Waals surface area (Å²) >= 11 is 2.15. The molecule has 1 N–H and O–H groups in total. The average Bonchev–Trinajstić information content (AvgIpc) is 2.44. The molecule has 0 bridgehead atoms. The van der Waals surface area contributed by atoms with Gasteiger partial charge in [0.1, 0.15) is 0 Å². The lowest BCUT2D eigenvalue weighted by Crippen LogP contribution is -2.24. The van der Waals surface area contributed by atoms with Gasteiger partial charge in [0.05, 0.1) is 17.6 Å². The highest BCUT2D eigenvalue weighted by Gasteiger charge is 2.17. The largest absolute Gasteiger partial charge is 0.318 e. The number of nitrogens with one attached hydrogen (secondary N) is 1. The summed E-state index contributed by atoms with van der Waals surface area (Å²) in [6.45, 7) is 1.64. The van der Waals surface area contributed by atoms with Crippen LogP contribution < -0.4 is 10.2 Å². The van der Waals surface area contributed by atoms with E-state index in [1.165, 1.54) is 15.3 Å². The first-order valence-corrected chi connectivity index (χ1v) is 5.42. The average molecular weight is 213 g/mol. The predicted molar refractivity (Wildman–Crippen MR) is 52.6 cm³/mol. The fraction of sp³-hybridized carbons (Fsp3) is 0.429. The van der Waals surface area contributed by atoms with Crippen LogP contribution in [0.1, 0.15) is 10.6 Å². The van der Waals surface area contributed by atoms with Gasteiger partial charge in [-0.15, -0.1) is 0 Å². The normalized spacial score (nSPS) is 15.0. The zero-order valence-electron chi connectivity index (χ0n) is 6.74. The van der Waals surface area contributed by atoms with Gasteiger partial charge in [-0.1, -0.05) is 11.3 Å². The van der Waals surface area contributed by atoms with Gasteiger partial charge in [0.15, 0.2) is 5.40 Å². The number of hydrogen-bond donors (Lipinski definition) is 1. The fourth-order valence-electron chi connectivity index (χ4n) is 1.35. The molecule has 0 spiro atoms. The van der Waals surface area contributed by atoms with Crippen LogP contribution in [0.15, 0.2) is 4.79 Å². The molecule has 0 atom stereocenters. The van der Waals surface area contributed by atoms with Crippen molar-refractivity contribution in [3.63, 3.8) is 0 Å². The van der Waals surface area contributed by atoms with Crippen molar-refractivity contribution in [3.8, 4) is 5.40 Å². The first kappa shape index (κ1) is 8.81. The summed E-state index contributed by atoms with van der Waals surface area (Å²) < 4.78 is 1.50. The number of fused-ring (bicyclic) bond motifs is 1. The van der Waals surface area contributed by atoms with Crippen molar-refractivity contribution in [3.05, 3.63) is 20.2 Å². The number of nitrogens with zero attached hydrogens (tertiary/aromatic N) is 2. The van der Waals surface area contributed by atoms with Gasteiger partial charge < -0.3 is 5.32 Å². The molecule has 2 heterocycles. The van der Waals surface area contributed by atoms with E-state index in [0.29, 0.717) is 0 Å². The molecule has 0 fully saturated rings. The van der Waals surface area contributed by atoms with Gasteiger partial charge in [0, 0.05) is 24.4 Å². The number of nitriles is 1. The highest BCUT2D eigenvalue weighted by molar-refractivity contribution is 8.02. The molecular weight excluding hydrogens is 206 g/mol. The minimum absolute atomic E-state index is 0.0414. The van der Waals surface area contributed by atoms with E-state index in [-0.39, 0.29) is 4.87 Å². The van der Waals surface area contributed by atoms with Gasteiger partial charge in [0.2, 0.25) is 0 Å². The van der Waals surface area contributed by atoms with Crippen LogP contribution in [0.25, 0.3) is 0 Å². The van der Waals surface area contributed by atoms with Gasteiger partial charge in [-0.2, -0.15) is 5.26 Å². The molecule has 6 heteroatoms. The standard InChI is InChI=1S/C7H7N3OS2/c8-4-12-10-5-1-2-9-3-6(5)13-7(10)11/h9H,1-3H2. The number of rotatable bonds is 1. The van der Waals surface area contributed by atoms with Crippen molar-refractivity contribution in [1.82, 2.24) is 9.29 Å². The lowest BCUT2D eigenvalue weighted by Gasteiger charge is -2.12. The third kappa shape index (κ3) is 1.50. The third-order valence-corrected chi connectivity index (χ3v) is 3.65. The molecule has 0 aromatic carbocycles. The van der Waals surface area contributed by atoms with E-state index in [9.17, 15) is 4.79 Å². The summed E-state index contributed by atoms with van der Waals surface area (Å²) in [5, 5.41) is 13.6. The molecule has 0 aliphatic carbocycles. The van der Waals surface area contributed by atoms with Crippen molar-refractivity contribution in [1.29, 1.82) is 5.26 Å². The van der Waals surface area contributed by atoms with Gasteiger partial charge in [0.25, 0.3) is 0 Å². The van der Waals surface area contributed by atoms with Gasteiger partial charge in [-0.3, -0.25) is 4.79 Å². The molecule has 1 aliphatic heterocycles. The van der Waals surface area contributed by atoms with Crippen LogP contribution in [0, 0.1) is 10.7 Å². The van der Waals surface area contributed by atoms with Crippen LogP contribution >= 0.6 is 23.3 Å². The summed E-state index contributed by atoms with van der Waals surface area (Å²) in [5.74, 6) is 0. The first-order chi connectivity index (χ1) is 6.33. The molecule has 0 amide bonds. The monoisotopic (exact) mass is 213 g/mol. The molecule has 1 aliphatic rings. The molecule has 1 aromatic heterocycles. The Kier molecular flexibility index (Phi) is 2.40. The maximum absolute atomic E-state index is 11.4. The Morgan fingerprint density at radius 2 is 2.54 bits per heavy atom. The number of aromatic nitrogens is 1. The van der Waals surface area contributed by atoms with Crippen LogP contribution in [0.2, 0.25) is 0 Å². The Labute approximate surface area is 83.3 Å². The smallest absolute Gasteiger partial charge is 0.311 e. The minimum atomic E-state index is -0.0414. The second-order valence-electron chi connectivity index (χ2n) is 2.64. The highest BCUT2D eigenvalue weighted by Crippen LogP contribution is 2.19. The van der Waals surface area contributed by atoms with Crippen molar-refractivity contribution in [2.75, 3.05) is 6.54 Å². The number of hydrogen-bond acceptors (Lipinski definition) is 5. The van der Waals surface area contributed by atoms with Crippen molar-refractivity contribution >= 4 is 23.3 Å². The Bertz CT molecular complexity index is 414. The van der Waals surface area contributed by atoms with Crippen LogP contribution in [0.3, 0.4) is 0 Å². The van der Waals surface area contributed by atoms with Gasteiger partial charge in [-0.25, -0.2) is 3.97 Å². The topological polar surface area (TPSA) is 57.8 Å². The molecule has 0 saturated heterocycles. The predicted octanol–water partition coefficient (Wildman–Crippen LogP) is 0.533. The summed E-state index contributed by atoms with van der Waals surface area (Å²) in [4.78, 5) is 12.4. The second kappa shape index (κ2) is 3.54. The quantitative estimate of drug-likeness (QED) is 0.691. The summed E-state index contributed by atoms with van der Waals surface area (Å²) in [6, 6.07) is 0. The molecule has 68 valence electrons. The van der Waals surface area contributed by atoms with Gasteiger partial charge in [-0.05, 0) is 0 Å². The summed E-state index contributed by atoms with van der Waals surface area (Å²) in [5.41, 5.74) is 1.01. The van der Waals surface area contributed by atoms with E-state index in [1.54, 1.807) is 0 Å². The summed E-state index contributed by atoms with van der Waals surface area (Å²) in [6.07, 6.45) is 0.836. The molecule has 4 nitrogen and oxygen atoms in total. The minimum Gasteiger partial charge on any atom is -0.311 e. The van der Waals surface area contributed by atoms with Crippen molar-refractivity contribution < 1.29 is 0 Å². The maximum atomic E-state index is 11.4. The maximum Gasteiger partial charge on any atom is 0.318 e. The van der Waals surface area contributed by atoms with Crippen LogP contribution in [-0.4, -0.2) is 10.5 Å². The Balaban J connectivity index is 2.49. The van der Waals surface area contributed by atoms with Gasteiger partial charge >= 0.3 is 4.87 Å². The van der Waals surface area contributed by atoms with Crippen molar-refractivity contribution in [2.45, 2.75) is 13.0 Å². The lowest BCUT2D eigenvalue weighted by atomic mass is 10.2. The van der Waals surface area contributed by atoms with E-state index >= 15 is 0 Å². The number of thiazole rings is 1. The molecule has 2 rings (SSSR count). The van der Waals surface area contributed by atoms with E-state index in [1.807, 2.05) is 5.40 Å². The molecule has 0 unspecified atom stereocenters. The van der Waals surface area contributed by atoms with Crippen LogP contribution in [-0.2, 0) is 13.0 Å². The van der Waals surface area contributed by atoms with E-state index in [4.69, 9.17) is 5.26 Å². The molecule has 1 aromatic rings. The highest BCUT2D eigenvalue weighted by atomic mass is 32.2. The summed E-state index contributed by atoms with van der Waals surface area (Å²) in [7, 11) is 0. The van der Waals surface area contributed by atoms with E-state index in [0.717, 1.165) is 42.0 Å². The Morgan fingerprint density at radius 3 is 3.31 bits per heavy atom. The molecular formula is C7H7N3OS2. The van der Waals surface area contributed by atoms with E-state index < -0.39 is 0 Å². The fourth-order valence-corrected chi connectivity index (χ4v) is 2.99. The lowest BCUT2D eigenvalue weighted by molar-refractivity contribution is 0.639. The van der Waals surface area contributed by atoms with Crippen molar-refractivity contribution in [2.24, 2.45) is 0 Å².